The van der Waals surface area contributed by atoms with Gasteiger partial charge in [0, 0.05) is 60.5 Å². The summed E-state index contributed by atoms with van der Waals surface area (Å²) < 4.78 is 7.32. The average molecular weight is 395 g/mol. The number of rotatable bonds is 6. The van der Waals surface area contributed by atoms with Gasteiger partial charge in [-0.05, 0) is 31.4 Å². The molecule has 1 aromatic carbocycles. The summed E-state index contributed by atoms with van der Waals surface area (Å²) in [6.45, 7) is 12.0. The SMILES string of the molecule is CCOC(=O)c1nn(CC(C)C)c2c1CN(Cc1c(C)[nH]c3ccccc13)CC2. The van der Waals surface area contributed by atoms with Crippen LogP contribution < -0.4 is 0 Å². The van der Waals surface area contributed by atoms with Crippen molar-refractivity contribution in [2.24, 2.45) is 5.92 Å². The van der Waals surface area contributed by atoms with Crippen LogP contribution in [0.1, 0.15) is 53.8 Å². The molecular weight excluding hydrogens is 364 g/mol. The van der Waals surface area contributed by atoms with Crippen molar-refractivity contribution in [3.05, 3.63) is 52.5 Å². The van der Waals surface area contributed by atoms with E-state index in [9.17, 15) is 4.79 Å². The Kier molecular flexibility index (Phi) is 5.46. The van der Waals surface area contributed by atoms with E-state index in [1.165, 1.54) is 27.9 Å². The standard InChI is InChI=1S/C23H30N4O2/c1-5-29-23(28)22-19-14-26(11-10-21(19)27(25-22)12-15(2)3)13-18-16(4)24-20-9-7-6-8-17(18)20/h6-9,15,24H,5,10-14H2,1-4H3. The number of hydrogen-bond acceptors (Lipinski definition) is 4. The number of nitrogens with one attached hydrogen (secondary N) is 1. The number of para-hydroxylation sites is 1. The van der Waals surface area contributed by atoms with E-state index in [1.807, 2.05) is 11.6 Å². The Morgan fingerprint density at radius 3 is 2.86 bits per heavy atom. The zero-order valence-electron chi connectivity index (χ0n) is 17.8. The predicted octanol–water partition coefficient (Wildman–Crippen LogP) is 4.06. The minimum Gasteiger partial charge on any atom is -0.461 e. The van der Waals surface area contributed by atoms with Crippen molar-refractivity contribution in [3.8, 4) is 0 Å². The van der Waals surface area contributed by atoms with Crippen molar-refractivity contribution in [1.82, 2.24) is 19.7 Å². The number of aryl methyl sites for hydroxylation is 1. The molecule has 0 unspecified atom stereocenters. The van der Waals surface area contributed by atoms with Crippen molar-refractivity contribution < 1.29 is 9.53 Å². The number of aromatic amines is 1. The van der Waals surface area contributed by atoms with E-state index in [1.54, 1.807) is 0 Å². The number of aromatic nitrogens is 3. The Hall–Kier alpha value is -2.60. The maximum Gasteiger partial charge on any atom is 0.359 e. The van der Waals surface area contributed by atoms with Gasteiger partial charge < -0.3 is 9.72 Å². The number of carbonyl (C=O) groups excluding carboxylic acids is 1. The van der Waals surface area contributed by atoms with Crippen LogP contribution in [0.5, 0.6) is 0 Å². The maximum atomic E-state index is 12.5. The fourth-order valence-corrected chi connectivity index (χ4v) is 4.30. The number of hydrogen-bond donors (Lipinski definition) is 1. The second-order valence-electron chi connectivity index (χ2n) is 8.31. The molecule has 154 valence electrons. The molecule has 6 heteroatoms. The summed E-state index contributed by atoms with van der Waals surface area (Å²) in [5, 5.41) is 5.93. The molecule has 0 saturated heterocycles. The van der Waals surface area contributed by atoms with Crippen LogP contribution in [0.4, 0.5) is 0 Å². The number of fused-ring (bicyclic) bond motifs is 2. The van der Waals surface area contributed by atoms with Crippen molar-refractivity contribution in [2.45, 2.75) is 53.8 Å². The molecule has 4 rings (SSSR count). The van der Waals surface area contributed by atoms with Gasteiger partial charge in [0.05, 0.1) is 6.61 Å². The van der Waals surface area contributed by atoms with Crippen molar-refractivity contribution in [3.63, 3.8) is 0 Å². The molecular formula is C23H30N4O2. The summed E-state index contributed by atoms with van der Waals surface area (Å²) in [5.74, 6) is 0.164. The van der Waals surface area contributed by atoms with Gasteiger partial charge in [-0.25, -0.2) is 4.79 Å². The second kappa shape index (κ2) is 8.03. The molecule has 6 nitrogen and oxygen atoms in total. The van der Waals surface area contributed by atoms with Gasteiger partial charge in [0.2, 0.25) is 0 Å². The molecule has 0 spiro atoms. The first kappa shape index (κ1) is 19.7. The summed E-state index contributed by atoms with van der Waals surface area (Å²) in [5.41, 5.74) is 6.42. The first-order valence-electron chi connectivity index (χ1n) is 10.5. The monoisotopic (exact) mass is 394 g/mol. The molecule has 29 heavy (non-hydrogen) atoms. The summed E-state index contributed by atoms with van der Waals surface area (Å²) >= 11 is 0. The molecule has 0 fully saturated rings. The van der Waals surface area contributed by atoms with Gasteiger partial charge >= 0.3 is 5.97 Å². The van der Waals surface area contributed by atoms with Gasteiger partial charge in [-0.3, -0.25) is 9.58 Å². The van der Waals surface area contributed by atoms with Gasteiger partial charge in [-0.15, -0.1) is 0 Å². The minimum atomic E-state index is -0.309. The van der Waals surface area contributed by atoms with Crippen molar-refractivity contribution in [1.29, 1.82) is 0 Å². The summed E-state index contributed by atoms with van der Waals surface area (Å²) in [6.07, 6.45) is 0.899. The smallest absolute Gasteiger partial charge is 0.359 e. The van der Waals surface area contributed by atoms with E-state index < -0.39 is 0 Å². The Morgan fingerprint density at radius 2 is 2.10 bits per heavy atom. The lowest BCUT2D eigenvalue weighted by Crippen LogP contribution is -2.31. The van der Waals surface area contributed by atoms with Gasteiger partial charge in [0.25, 0.3) is 0 Å². The fraction of sp³-hybridized carbons (Fsp3) is 0.478. The van der Waals surface area contributed by atoms with E-state index in [-0.39, 0.29) is 5.97 Å². The van der Waals surface area contributed by atoms with E-state index in [0.29, 0.717) is 18.2 Å². The van der Waals surface area contributed by atoms with E-state index in [0.717, 1.165) is 38.2 Å². The zero-order chi connectivity index (χ0) is 20.5. The predicted molar refractivity (Wildman–Crippen MR) is 114 cm³/mol. The molecule has 1 aliphatic rings. The van der Waals surface area contributed by atoms with Crippen LogP contribution in [0.2, 0.25) is 0 Å². The Bertz CT molecular complexity index is 1030. The largest absolute Gasteiger partial charge is 0.461 e. The lowest BCUT2D eigenvalue weighted by atomic mass is 10.0. The molecule has 0 amide bonds. The van der Waals surface area contributed by atoms with E-state index in [2.05, 4.69) is 60.0 Å². The Morgan fingerprint density at radius 1 is 1.31 bits per heavy atom. The molecule has 1 aliphatic heterocycles. The normalized spacial score (nSPS) is 14.5. The third kappa shape index (κ3) is 3.81. The Balaban J connectivity index is 1.63. The molecule has 0 atom stereocenters. The molecule has 0 aliphatic carbocycles. The molecule has 3 heterocycles. The number of H-pyrrole nitrogens is 1. The topological polar surface area (TPSA) is 63.1 Å². The maximum absolute atomic E-state index is 12.5. The first-order valence-corrected chi connectivity index (χ1v) is 10.5. The van der Waals surface area contributed by atoms with Crippen LogP contribution in [-0.2, 0) is 30.8 Å². The third-order valence-corrected chi connectivity index (χ3v) is 5.63. The average Bonchev–Trinajstić information content (AvgIpc) is 3.19. The highest BCUT2D eigenvalue weighted by Crippen LogP contribution is 2.28. The fourth-order valence-electron chi connectivity index (χ4n) is 4.30. The highest BCUT2D eigenvalue weighted by Gasteiger charge is 2.29. The van der Waals surface area contributed by atoms with Gasteiger partial charge in [0.15, 0.2) is 5.69 Å². The summed E-state index contributed by atoms with van der Waals surface area (Å²) in [7, 11) is 0. The van der Waals surface area contributed by atoms with Crippen molar-refractivity contribution >= 4 is 16.9 Å². The van der Waals surface area contributed by atoms with Crippen LogP contribution in [0.15, 0.2) is 24.3 Å². The highest BCUT2D eigenvalue weighted by atomic mass is 16.5. The molecule has 0 saturated carbocycles. The molecule has 1 N–H and O–H groups in total. The second-order valence-corrected chi connectivity index (χ2v) is 8.31. The van der Waals surface area contributed by atoms with Crippen LogP contribution in [0.25, 0.3) is 10.9 Å². The lowest BCUT2D eigenvalue weighted by molar-refractivity contribution is 0.0515. The zero-order valence-corrected chi connectivity index (χ0v) is 17.8. The van der Waals surface area contributed by atoms with Crippen LogP contribution in [0.3, 0.4) is 0 Å². The van der Waals surface area contributed by atoms with Gasteiger partial charge in [-0.1, -0.05) is 32.0 Å². The first-order chi connectivity index (χ1) is 14.0. The Labute approximate surface area is 171 Å². The number of benzene rings is 1. The number of ether oxygens (including phenoxy) is 1. The van der Waals surface area contributed by atoms with Gasteiger partial charge in [0.1, 0.15) is 0 Å². The van der Waals surface area contributed by atoms with Crippen molar-refractivity contribution in [2.75, 3.05) is 13.2 Å². The van der Waals surface area contributed by atoms with E-state index in [4.69, 9.17) is 4.74 Å². The quantitative estimate of drug-likeness (QED) is 0.641. The number of carbonyl (C=O) groups is 1. The highest BCUT2D eigenvalue weighted by molar-refractivity contribution is 5.89. The molecule has 3 aromatic rings. The number of esters is 1. The van der Waals surface area contributed by atoms with E-state index >= 15 is 0 Å². The molecule has 0 radical (unpaired) electrons. The van der Waals surface area contributed by atoms with Crippen LogP contribution in [-0.4, -0.2) is 38.8 Å². The van der Waals surface area contributed by atoms with Gasteiger partial charge in [-0.2, -0.15) is 5.10 Å². The lowest BCUT2D eigenvalue weighted by Gasteiger charge is -2.28. The molecule has 2 aromatic heterocycles. The molecule has 0 bridgehead atoms. The summed E-state index contributed by atoms with van der Waals surface area (Å²) in [6, 6.07) is 8.44. The van der Waals surface area contributed by atoms with Crippen LogP contribution >= 0.6 is 0 Å². The van der Waals surface area contributed by atoms with Crippen LogP contribution in [0, 0.1) is 12.8 Å². The minimum absolute atomic E-state index is 0.309. The number of nitrogens with zero attached hydrogens (tertiary/aromatic N) is 3. The third-order valence-electron chi connectivity index (χ3n) is 5.63. The summed E-state index contributed by atoms with van der Waals surface area (Å²) in [4.78, 5) is 18.4.